The van der Waals surface area contributed by atoms with Crippen LogP contribution in [0, 0.1) is 0 Å². The second-order valence-corrected chi connectivity index (χ2v) is 9.39. The number of thiophene rings is 1. The lowest BCUT2D eigenvalue weighted by Gasteiger charge is -2.40. The van der Waals surface area contributed by atoms with Crippen LogP contribution in [-0.2, 0) is 11.3 Å². The fourth-order valence-electron chi connectivity index (χ4n) is 4.01. The molecule has 0 bridgehead atoms. The summed E-state index contributed by atoms with van der Waals surface area (Å²) in [5, 5.41) is 0. The number of thioether (sulfide) groups is 1. The number of piperazine rings is 1. The molecule has 0 amide bonds. The van der Waals surface area contributed by atoms with Crippen molar-refractivity contribution < 1.29 is 4.74 Å². The van der Waals surface area contributed by atoms with Crippen LogP contribution >= 0.6 is 23.1 Å². The van der Waals surface area contributed by atoms with Crippen LogP contribution in [0.3, 0.4) is 0 Å². The van der Waals surface area contributed by atoms with E-state index in [1.807, 2.05) is 11.3 Å². The molecule has 0 aromatic carbocycles. The topological polar surface area (TPSA) is 15.7 Å². The van der Waals surface area contributed by atoms with Crippen LogP contribution in [0.2, 0.25) is 0 Å². The maximum atomic E-state index is 5.81. The molecule has 3 fully saturated rings. The zero-order valence-corrected chi connectivity index (χ0v) is 15.5. The first kappa shape index (κ1) is 16.4. The highest BCUT2D eigenvalue weighted by Crippen LogP contribution is 2.33. The Morgan fingerprint density at radius 2 is 1.87 bits per heavy atom. The molecule has 4 rings (SSSR count). The van der Waals surface area contributed by atoms with Crippen molar-refractivity contribution in [3.05, 3.63) is 21.9 Å². The Balaban J connectivity index is 1.26. The van der Waals surface area contributed by atoms with E-state index in [9.17, 15) is 0 Å². The number of hydrogen-bond donors (Lipinski definition) is 0. The van der Waals surface area contributed by atoms with Crippen molar-refractivity contribution in [2.24, 2.45) is 0 Å². The van der Waals surface area contributed by atoms with Crippen LogP contribution in [0.5, 0.6) is 0 Å². The Bertz CT molecular complexity index is 487. The normalized spacial score (nSPS) is 28.4. The van der Waals surface area contributed by atoms with E-state index in [1.165, 1.54) is 73.1 Å². The van der Waals surface area contributed by atoms with Gasteiger partial charge in [-0.2, -0.15) is 11.8 Å². The Labute approximate surface area is 148 Å². The van der Waals surface area contributed by atoms with Gasteiger partial charge in [-0.1, -0.05) is 0 Å². The molecule has 0 aliphatic carbocycles. The summed E-state index contributed by atoms with van der Waals surface area (Å²) in [6.45, 7) is 7.07. The third kappa shape index (κ3) is 4.13. The average molecular weight is 353 g/mol. The first-order chi connectivity index (χ1) is 11.4. The van der Waals surface area contributed by atoms with Crippen molar-refractivity contribution in [3.63, 3.8) is 0 Å². The van der Waals surface area contributed by atoms with E-state index in [-0.39, 0.29) is 0 Å². The monoisotopic (exact) mass is 352 g/mol. The van der Waals surface area contributed by atoms with Gasteiger partial charge in [-0.25, -0.2) is 0 Å². The maximum absolute atomic E-state index is 5.81. The zero-order chi connectivity index (χ0) is 15.5. The van der Waals surface area contributed by atoms with Crippen LogP contribution in [-0.4, -0.2) is 60.1 Å². The highest BCUT2D eigenvalue weighted by atomic mass is 32.2. The molecule has 1 aromatic rings. The summed E-state index contributed by atoms with van der Waals surface area (Å²) in [7, 11) is 0. The third-order valence-electron chi connectivity index (χ3n) is 5.42. The smallest absolute Gasteiger partial charge is 0.0917 e. The van der Waals surface area contributed by atoms with E-state index in [0.717, 1.165) is 19.2 Å². The fraction of sp³-hybridized carbons (Fsp3) is 0.778. The molecule has 0 N–H and O–H groups in total. The summed E-state index contributed by atoms with van der Waals surface area (Å²) in [5.74, 6) is 2.73. The van der Waals surface area contributed by atoms with Crippen LogP contribution in [0.15, 0.2) is 12.1 Å². The van der Waals surface area contributed by atoms with Gasteiger partial charge in [0.25, 0.3) is 0 Å². The predicted molar refractivity (Wildman–Crippen MR) is 99.4 cm³/mol. The molecule has 1 aromatic heterocycles. The summed E-state index contributed by atoms with van der Waals surface area (Å²) in [6.07, 6.45) is 5.62. The van der Waals surface area contributed by atoms with Gasteiger partial charge in [-0.15, -0.1) is 11.3 Å². The first-order valence-corrected chi connectivity index (χ1v) is 11.1. The van der Waals surface area contributed by atoms with Crippen molar-refractivity contribution in [1.29, 1.82) is 0 Å². The van der Waals surface area contributed by atoms with Gasteiger partial charge in [-0.05, 0) is 49.3 Å². The molecule has 0 spiro atoms. The predicted octanol–water partition coefficient (Wildman–Crippen LogP) is 3.61. The molecule has 1 atom stereocenters. The van der Waals surface area contributed by atoms with E-state index >= 15 is 0 Å². The minimum Gasteiger partial charge on any atom is -0.373 e. The lowest BCUT2D eigenvalue weighted by molar-refractivity contribution is 0.0885. The molecule has 0 radical (unpaired) electrons. The van der Waals surface area contributed by atoms with Crippen molar-refractivity contribution in [1.82, 2.24) is 9.80 Å². The molecule has 23 heavy (non-hydrogen) atoms. The highest BCUT2D eigenvalue weighted by Gasteiger charge is 2.26. The molecular formula is C18H28N2OS2. The second-order valence-electron chi connectivity index (χ2n) is 6.96. The molecule has 0 saturated carbocycles. The fourth-order valence-corrected chi connectivity index (χ4v) is 6.23. The molecule has 5 heteroatoms. The van der Waals surface area contributed by atoms with Gasteiger partial charge < -0.3 is 4.74 Å². The van der Waals surface area contributed by atoms with Crippen molar-refractivity contribution in [2.45, 2.75) is 44.4 Å². The molecule has 4 heterocycles. The van der Waals surface area contributed by atoms with E-state index in [1.54, 1.807) is 0 Å². The number of hydrogen-bond acceptors (Lipinski definition) is 5. The molecular weight excluding hydrogens is 324 g/mol. The van der Waals surface area contributed by atoms with Crippen molar-refractivity contribution in [2.75, 3.05) is 44.3 Å². The molecule has 3 aliphatic rings. The van der Waals surface area contributed by atoms with Crippen LogP contribution in [0.25, 0.3) is 0 Å². The highest BCUT2D eigenvalue weighted by molar-refractivity contribution is 7.99. The quantitative estimate of drug-likeness (QED) is 0.822. The van der Waals surface area contributed by atoms with Crippen molar-refractivity contribution >= 4 is 23.1 Å². The first-order valence-electron chi connectivity index (χ1n) is 9.13. The summed E-state index contributed by atoms with van der Waals surface area (Å²) >= 11 is 4.10. The average Bonchev–Trinajstić information content (AvgIpc) is 3.28. The van der Waals surface area contributed by atoms with E-state index in [0.29, 0.717) is 6.10 Å². The zero-order valence-electron chi connectivity index (χ0n) is 13.9. The number of ether oxygens (including phenoxy) is 1. The molecule has 3 saturated heterocycles. The van der Waals surface area contributed by atoms with Gasteiger partial charge >= 0.3 is 0 Å². The second kappa shape index (κ2) is 7.87. The lowest BCUT2D eigenvalue weighted by atomic mass is 10.1. The molecule has 128 valence electrons. The minimum atomic E-state index is 0.384. The van der Waals surface area contributed by atoms with E-state index in [4.69, 9.17) is 4.74 Å². The molecule has 3 aliphatic heterocycles. The Morgan fingerprint density at radius 3 is 2.61 bits per heavy atom. The Morgan fingerprint density at radius 1 is 1.04 bits per heavy atom. The van der Waals surface area contributed by atoms with Gasteiger partial charge in [0, 0.05) is 55.1 Å². The minimum absolute atomic E-state index is 0.384. The number of rotatable bonds is 4. The van der Waals surface area contributed by atoms with Gasteiger partial charge in [-0.3, -0.25) is 9.80 Å². The Kier molecular flexibility index (Phi) is 5.61. The van der Waals surface area contributed by atoms with Gasteiger partial charge in [0.2, 0.25) is 0 Å². The maximum Gasteiger partial charge on any atom is 0.0917 e. The van der Waals surface area contributed by atoms with Crippen LogP contribution in [0.4, 0.5) is 0 Å². The van der Waals surface area contributed by atoms with Crippen LogP contribution in [0.1, 0.15) is 41.5 Å². The van der Waals surface area contributed by atoms with Gasteiger partial charge in [0.05, 0.1) is 6.10 Å². The standard InChI is InChI=1S/C18H28N2OS2/c1-2-17(21-11-1)18-4-3-16(23-18)14-19-7-9-20(10-8-19)15-5-12-22-13-6-15/h3-4,15,17H,1-2,5-14H2/t17-/m0/s1. The van der Waals surface area contributed by atoms with E-state index in [2.05, 4.69) is 33.7 Å². The SMILES string of the molecule is c1cc([C@@H]2CCCO2)sc1CN1CCN(C2CCSCC2)CC1. The van der Waals surface area contributed by atoms with E-state index < -0.39 is 0 Å². The van der Waals surface area contributed by atoms with Gasteiger partial charge in [0.1, 0.15) is 0 Å². The largest absolute Gasteiger partial charge is 0.373 e. The molecule has 3 nitrogen and oxygen atoms in total. The summed E-state index contributed by atoms with van der Waals surface area (Å²) in [4.78, 5) is 8.34. The summed E-state index contributed by atoms with van der Waals surface area (Å²) in [6, 6.07) is 5.49. The van der Waals surface area contributed by atoms with Crippen LogP contribution < -0.4 is 0 Å². The third-order valence-corrected chi connectivity index (χ3v) is 7.63. The number of nitrogens with zero attached hydrogens (tertiary/aromatic N) is 2. The summed E-state index contributed by atoms with van der Waals surface area (Å²) < 4.78 is 5.81. The summed E-state index contributed by atoms with van der Waals surface area (Å²) in [5.41, 5.74) is 0. The lowest BCUT2D eigenvalue weighted by Crippen LogP contribution is -2.50. The van der Waals surface area contributed by atoms with Crippen molar-refractivity contribution in [3.8, 4) is 0 Å². The molecule has 0 unspecified atom stereocenters. The Hall–Kier alpha value is -0.0700. The van der Waals surface area contributed by atoms with Gasteiger partial charge in [0.15, 0.2) is 0 Å².